The third-order valence-electron chi connectivity index (χ3n) is 16.8. The Morgan fingerprint density at radius 3 is 1.40 bits per heavy atom. The molecule has 6 amide bonds. The first-order valence-corrected chi connectivity index (χ1v) is 31.4. The Labute approximate surface area is 490 Å². The van der Waals surface area contributed by atoms with Gasteiger partial charge in [-0.25, -0.2) is 26.4 Å². The number of nitrogens with one attached hydrogen (secondary N) is 4. The second-order valence-corrected chi connectivity index (χ2v) is 26.8. The molecule has 4 aromatic carbocycles. The highest BCUT2D eigenvalue weighted by atomic mass is 35.5. The molecule has 0 aliphatic carbocycles. The number of likely N-dealkylation sites (N-methyl/N-ethyl adjacent to an activating group) is 2. The zero-order valence-corrected chi connectivity index (χ0v) is 49.4. The fourth-order valence-corrected chi connectivity index (χ4v) is 16.3. The van der Waals surface area contributed by atoms with Crippen LogP contribution in [0.4, 0.5) is 9.59 Å². The van der Waals surface area contributed by atoms with Crippen molar-refractivity contribution in [1.82, 2.24) is 39.7 Å². The van der Waals surface area contributed by atoms with E-state index in [1.807, 2.05) is 38.4 Å². The van der Waals surface area contributed by atoms with Crippen LogP contribution in [-0.4, -0.2) is 139 Å². The van der Waals surface area contributed by atoms with E-state index >= 15 is 0 Å². The Morgan fingerprint density at radius 1 is 0.610 bits per heavy atom. The Hall–Kier alpha value is -6.34. The standard InChI is InChI=1S/C58H72Cl2N12O8S2/c1-69-34-50(48-30-44(59)26-40(32-61)52(48)36-69)38-8-5-10-46(28-38)81(77,78)71-22-13-42(14-23-71)58(55(64)74,17-21-68-57(76)66-19-4-3-18-65-56(75)67-20-7-12-54(63)73)43-15-24-72(25-16-43)82(79,80)47-11-6-9-39(29-47)51-35-70(2)37-53-41(33-62)27-45(60)31-49(51)53/h5-6,8-11,26-31,42-43,50-51H,3-4,7,12-25,34-37H2,1-2H3,(H2,63,73)(H2,64,74)(H2,65,67,75)(H2,66,68,76)/t50-,51-/m0/s1. The number of amides is 6. The third-order valence-corrected chi connectivity index (χ3v) is 21.1. The van der Waals surface area contributed by atoms with E-state index in [1.165, 1.54) is 8.61 Å². The van der Waals surface area contributed by atoms with Gasteiger partial charge in [-0.15, -0.1) is 0 Å². The molecule has 4 aliphatic rings. The van der Waals surface area contributed by atoms with E-state index in [0.29, 0.717) is 86.2 Å². The van der Waals surface area contributed by atoms with E-state index < -0.39 is 55.1 Å². The number of primary amides is 2. The van der Waals surface area contributed by atoms with E-state index in [0.717, 1.165) is 33.4 Å². The number of sulfonamides is 2. The van der Waals surface area contributed by atoms with E-state index in [1.54, 1.807) is 48.5 Å². The van der Waals surface area contributed by atoms with Crippen LogP contribution >= 0.6 is 23.2 Å². The van der Waals surface area contributed by atoms with Crippen molar-refractivity contribution in [2.45, 2.75) is 92.5 Å². The monoisotopic (exact) mass is 1200 g/mol. The minimum Gasteiger partial charge on any atom is -0.370 e. The maximum absolute atomic E-state index is 14.6. The molecule has 8 N–H and O–H groups in total. The number of halogens is 2. The van der Waals surface area contributed by atoms with Crippen molar-refractivity contribution in [3.05, 3.63) is 127 Å². The molecule has 438 valence electrons. The molecule has 2 saturated heterocycles. The maximum Gasteiger partial charge on any atom is 0.314 e. The van der Waals surface area contributed by atoms with Gasteiger partial charge in [-0.2, -0.15) is 19.1 Å². The van der Waals surface area contributed by atoms with Crippen molar-refractivity contribution in [1.29, 1.82) is 10.5 Å². The molecule has 0 unspecified atom stereocenters. The Bertz CT molecular complexity index is 3180. The zero-order chi connectivity index (χ0) is 58.9. The number of benzene rings is 4. The van der Waals surface area contributed by atoms with Crippen molar-refractivity contribution in [3.63, 3.8) is 0 Å². The molecule has 82 heavy (non-hydrogen) atoms. The first kappa shape index (κ1) is 61.7. The summed E-state index contributed by atoms with van der Waals surface area (Å²) in [6.45, 7) is 3.57. The van der Waals surface area contributed by atoms with Gasteiger partial charge < -0.3 is 42.5 Å². The number of urea groups is 2. The SMILES string of the molecule is CN1Cc2c(C#N)cc(Cl)cc2[C@H](c2cccc(S(=O)(=O)N3CCC(C(CCNC(=O)NCCCCNC(=O)NCCCC(N)=O)(C(N)=O)C4CCN(S(=O)(=O)c5cccc([C@@H]6CN(C)Cc7c(C#N)cc(Cl)cc76)c5)CC4)CC3)c2)C1. The van der Waals surface area contributed by atoms with Crippen LogP contribution < -0.4 is 32.7 Å². The predicted octanol–water partition coefficient (Wildman–Crippen LogP) is 5.90. The molecule has 0 bridgehead atoms. The number of hydrogen-bond acceptors (Lipinski definition) is 12. The van der Waals surface area contributed by atoms with Gasteiger partial charge in [0.25, 0.3) is 0 Å². The molecule has 8 rings (SSSR count). The highest BCUT2D eigenvalue weighted by Crippen LogP contribution is 2.49. The molecule has 4 aromatic rings. The number of unbranched alkanes of at least 4 members (excludes halogenated alkanes) is 1. The van der Waals surface area contributed by atoms with Crippen molar-refractivity contribution >= 4 is 67.1 Å². The van der Waals surface area contributed by atoms with Gasteiger partial charge in [-0.05, 0) is 159 Å². The second kappa shape index (κ2) is 26.9. The molecule has 2 fully saturated rings. The van der Waals surface area contributed by atoms with Crippen LogP contribution in [0.3, 0.4) is 0 Å². The maximum atomic E-state index is 14.6. The molecule has 24 heteroatoms. The van der Waals surface area contributed by atoms with Gasteiger partial charge in [0.05, 0.1) is 38.5 Å². The number of hydrogen-bond donors (Lipinski definition) is 6. The van der Waals surface area contributed by atoms with E-state index in [9.17, 15) is 46.5 Å². The molecule has 0 saturated carbocycles. The van der Waals surface area contributed by atoms with Crippen molar-refractivity contribution in [2.75, 3.05) is 79.5 Å². The summed E-state index contributed by atoms with van der Waals surface area (Å²) in [7, 11) is -4.21. The first-order valence-electron chi connectivity index (χ1n) is 27.8. The summed E-state index contributed by atoms with van der Waals surface area (Å²) in [6.07, 6.45) is 2.93. The first-order chi connectivity index (χ1) is 39.2. The number of nitrogens with zero attached hydrogens (tertiary/aromatic N) is 6. The topological polar surface area (TPSA) is 297 Å². The van der Waals surface area contributed by atoms with Crippen molar-refractivity contribution in [3.8, 4) is 12.1 Å². The van der Waals surface area contributed by atoms with Crippen LogP contribution in [-0.2, 0) is 42.7 Å². The molecular weight excluding hydrogens is 1130 g/mol. The summed E-state index contributed by atoms with van der Waals surface area (Å²) in [4.78, 5) is 55.0. The lowest BCUT2D eigenvalue weighted by Gasteiger charge is -2.49. The number of carbonyl (C=O) groups is 4. The molecule has 2 atom stereocenters. The molecule has 0 radical (unpaired) electrons. The molecule has 4 heterocycles. The fraction of sp³-hybridized carbons (Fsp3) is 0.483. The minimum absolute atomic E-state index is 0.0456. The van der Waals surface area contributed by atoms with Gasteiger partial charge in [0.1, 0.15) is 0 Å². The molecule has 0 spiro atoms. The van der Waals surface area contributed by atoms with Crippen LogP contribution in [0.15, 0.2) is 82.6 Å². The molecular formula is C58H72Cl2N12O8S2. The summed E-state index contributed by atoms with van der Waals surface area (Å²) >= 11 is 13.0. The van der Waals surface area contributed by atoms with E-state index in [4.69, 9.17) is 34.7 Å². The van der Waals surface area contributed by atoms with Gasteiger partial charge in [-0.3, -0.25) is 9.59 Å². The molecule has 0 aromatic heterocycles. The van der Waals surface area contributed by atoms with Gasteiger partial charge in [0.2, 0.25) is 31.9 Å². The predicted molar refractivity (Wildman–Crippen MR) is 311 cm³/mol. The summed E-state index contributed by atoms with van der Waals surface area (Å²) in [5.41, 5.74) is 16.4. The number of nitrogens with two attached hydrogens (primary N) is 2. The van der Waals surface area contributed by atoms with Gasteiger partial charge in [0.15, 0.2) is 0 Å². The lowest BCUT2D eigenvalue weighted by molar-refractivity contribution is -0.139. The Balaban J connectivity index is 0.967. The highest BCUT2D eigenvalue weighted by Gasteiger charge is 2.52. The summed E-state index contributed by atoms with van der Waals surface area (Å²) in [6, 6.07) is 24.4. The van der Waals surface area contributed by atoms with Crippen LogP contribution in [0.2, 0.25) is 10.0 Å². The number of carbonyl (C=O) groups excluding carboxylic acids is 4. The second-order valence-electron chi connectivity index (χ2n) is 22.1. The number of nitriles is 2. The van der Waals surface area contributed by atoms with E-state index in [2.05, 4.69) is 43.2 Å². The minimum atomic E-state index is -4.06. The molecule has 20 nitrogen and oxygen atoms in total. The fourth-order valence-electron chi connectivity index (χ4n) is 12.7. The van der Waals surface area contributed by atoms with Gasteiger partial charge in [-0.1, -0.05) is 47.5 Å². The lowest BCUT2D eigenvalue weighted by Crippen LogP contribution is -2.56. The van der Waals surface area contributed by atoms with Crippen molar-refractivity contribution in [2.24, 2.45) is 28.7 Å². The van der Waals surface area contributed by atoms with Crippen molar-refractivity contribution < 1.29 is 36.0 Å². The number of rotatable bonds is 21. The Kier molecular flexibility index (Phi) is 20.3. The normalized spacial score (nSPS) is 18.8. The van der Waals surface area contributed by atoms with Crippen LogP contribution in [0.1, 0.15) is 114 Å². The summed E-state index contributed by atoms with van der Waals surface area (Å²) in [5.74, 6) is -2.40. The largest absolute Gasteiger partial charge is 0.370 e. The van der Waals surface area contributed by atoms with Gasteiger partial charge in [0, 0.05) is 107 Å². The summed E-state index contributed by atoms with van der Waals surface area (Å²) in [5, 5.41) is 31.8. The van der Waals surface area contributed by atoms with E-state index in [-0.39, 0.29) is 98.9 Å². The zero-order valence-electron chi connectivity index (χ0n) is 46.3. The quantitative estimate of drug-likeness (QED) is 0.0532. The highest BCUT2D eigenvalue weighted by molar-refractivity contribution is 7.89. The van der Waals surface area contributed by atoms with Crippen LogP contribution in [0, 0.1) is 39.9 Å². The smallest absolute Gasteiger partial charge is 0.314 e. The molecule has 4 aliphatic heterocycles. The third kappa shape index (κ3) is 14.0. The number of fused-ring (bicyclic) bond motifs is 2. The van der Waals surface area contributed by atoms with Crippen LogP contribution in [0.25, 0.3) is 0 Å². The number of piperidine rings is 2. The lowest BCUT2D eigenvalue weighted by atomic mass is 9.59. The average molecular weight is 1200 g/mol. The van der Waals surface area contributed by atoms with Crippen LogP contribution in [0.5, 0.6) is 0 Å². The Morgan fingerprint density at radius 2 is 1.01 bits per heavy atom. The van der Waals surface area contributed by atoms with Gasteiger partial charge >= 0.3 is 12.1 Å². The summed E-state index contributed by atoms with van der Waals surface area (Å²) < 4.78 is 61.4. The average Bonchev–Trinajstić information content (AvgIpc) is 2.41.